The molecule has 1 unspecified atom stereocenters. The fraction of sp³-hybridized carbons (Fsp3) is 0.217. The van der Waals surface area contributed by atoms with E-state index in [1.807, 2.05) is 61.6 Å². The summed E-state index contributed by atoms with van der Waals surface area (Å²) in [5.74, 6) is -0.176. The van der Waals surface area contributed by atoms with Crippen LogP contribution in [-0.4, -0.2) is 15.5 Å². The smallest absolute Gasteiger partial charge is 0.274 e. The number of aryl methyl sites for hydroxylation is 1. The van der Waals surface area contributed by atoms with Crippen molar-refractivity contribution in [3.05, 3.63) is 72.0 Å². The van der Waals surface area contributed by atoms with E-state index >= 15 is 0 Å². The first-order valence-electron chi connectivity index (χ1n) is 9.77. The molecule has 0 aliphatic heterocycles. The van der Waals surface area contributed by atoms with Crippen molar-refractivity contribution in [2.45, 2.75) is 26.2 Å². The summed E-state index contributed by atoms with van der Waals surface area (Å²) in [6.07, 6.45) is 0.903. The topological polar surface area (TPSA) is 46.9 Å². The third kappa shape index (κ3) is 2.97. The molecule has 0 fully saturated rings. The standard InChI is InChI=1S/C23H23N3O/c1-4-15(2)21-22-18(17-12-8-9-13-20(17)26(22)3)14-19(25-21)23(27)24-16-10-6-5-7-11-16/h5-15H,4H2,1-3H3,(H,24,27)/i14D. The summed E-state index contributed by atoms with van der Waals surface area (Å²) in [5, 5.41) is 4.65. The van der Waals surface area contributed by atoms with Crippen LogP contribution in [0.1, 0.15) is 43.7 Å². The summed E-state index contributed by atoms with van der Waals surface area (Å²) in [5.41, 5.74) is 3.71. The number of benzene rings is 2. The van der Waals surface area contributed by atoms with Crippen LogP contribution in [0.3, 0.4) is 0 Å². The molecule has 2 aromatic heterocycles. The van der Waals surface area contributed by atoms with Gasteiger partial charge in [0.15, 0.2) is 0 Å². The Morgan fingerprint density at radius 1 is 1.15 bits per heavy atom. The molecule has 27 heavy (non-hydrogen) atoms. The van der Waals surface area contributed by atoms with Crippen LogP contribution in [0.25, 0.3) is 21.8 Å². The molecule has 136 valence electrons. The molecule has 1 atom stereocenters. The normalized spacial score (nSPS) is 12.9. The molecule has 0 spiro atoms. The van der Waals surface area contributed by atoms with Gasteiger partial charge in [-0.25, -0.2) is 4.98 Å². The molecule has 4 heteroatoms. The van der Waals surface area contributed by atoms with Crippen LogP contribution in [0, 0.1) is 0 Å². The highest BCUT2D eigenvalue weighted by molar-refractivity contribution is 6.12. The minimum Gasteiger partial charge on any atom is -0.342 e. The van der Waals surface area contributed by atoms with Gasteiger partial charge in [-0.05, 0) is 30.7 Å². The lowest BCUT2D eigenvalue weighted by Crippen LogP contribution is -2.15. The van der Waals surface area contributed by atoms with E-state index in [2.05, 4.69) is 23.7 Å². The van der Waals surface area contributed by atoms with Crippen molar-refractivity contribution in [1.82, 2.24) is 9.55 Å². The summed E-state index contributed by atoms with van der Waals surface area (Å²) >= 11 is 0. The number of amides is 1. The first kappa shape index (κ1) is 16.1. The Bertz CT molecular complexity index is 1180. The number of nitrogens with one attached hydrogen (secondary N) is 1. The molecule has 0 radical (unpaired) electrons. The zero-order valence-corrected chi connectivity index (χ0v) is 15.8. The number of carbonyl (C=O) groups is 1. The monoisotopic (exact) mass is 358 g/mol. The summed E-state index contributed by atoms with van der Waals surface area (Å²) in [6, 6.07) is 17.5. The Kier molecular flexibility index (Phi) is 4.09. The van der Waals surface area contributed by atoms with Crippen molar-refractivity contribution in [2.24, 2.45) is 7.05 Å². The van der Waals surface area contributed by atoms with E-state index in [4.69, 9.17) is 6.35 Å². The second-order valence-corrected chi connectivity index (χ2v) is 6.90. The van der Waals surface area contributed by atoms with Crippen molar-refractivity contribution < 1.29 is 6.17 Å². The molecule has 0 bridgehead atoms. The largest absolute Gasteiger partial charge is 0.342 e. The number of rotatable bonds is 4. The van der Waals surface area contributed by atoms with Gasteiger partial charge >= 0.3 is 0 Å². The third-order valence-electron chi connectivity index (χ3n) is 5.15. The van der Waals surface area contributed by atoms with Gasteiger partial charge in [-0.3, -0.25) is 4.79 Å². The van der Waals surface area contributed by atoms with Crippen molar-refractivity contribution >= 4 is 33.4 Å². The second-order valence-electron chi connectivity index (χ2n) is 6.90. The van der Waals surface area contributed by atoms with Gasteiger partial charge in [0.1, 0.15) is 5.69 Å². The van der Waals surface area contributed by atoms with E-state index in [0.29, 0.717) is 5.69 Å². The third-order valence-corrected chi connectivity index (χ3v) is 5.15. The average molecular weight is 358 g/mol. The number of aromatic nitrogens is 2. The number of nitrogens with zero attached hydrogens (tertiary/aromatic N) is 2. The number of para-hydroxylation sites is 2. The van der Waals surface area contributed by atoms with Crippen LogP contribution in [0.15, 0.2) is 60.6 Å². The van der Waals surface area contributed by atoms with Crippen LogP contribution in [0.4, 0.5) is 5.69 Å². The predicted octanol–water partition coefficient (Wildman–Crippen LogP) is 5.49. The molecule has 0 saturated carbocycles. The van der Waals surface area contributed by atoms with Crippen LogP contribution < -0.4 is 5.32 Å². The molecular weight excluding hydrogens is 334 g/mol. The number of carbonyl (C=O) groups excluding carboxylic acids is 1. The summed E-state index contributed by atoms with van der Waals surface area (Å²) in [6.45, 7) is 4.22. The Balaban J connectivity index is 1.98. The Morgan fingerprint density at radius 3 is 2.59 bits per heavy atom. The van der Waals surface area contributed by atoms with Gasteiger partial charge in [-0.1, -0.05) is 50.2 Å². The number of hydrogen-bond donors (Lipinski definition) is 1. The number of hydrogen-bond acceptors (Lipinski definition) is 2. The van der Waals surface area contributed by atoms with Gasteiger partial charge in [0.25, 0.3) is 5.91 Å². The minimum atomic E-state index is -0.351. The maximum absolute atomic E-state index is 13.0. The highest BCUT2D eigenvalue weighted by atomic mass is 16.1. The molecule has 1 N–H and O–H groups in total. The maximum atomic E-state index is 13.0. The van der Waals surface area contributed by atoms with Crippen LogP contribution in [-0.2, 0) is 7.05 Å². The number of pyridine rings is 1. The highest BCUT2D eigenvalue weighted by Gasteiger charge is 2.20. The van der Waals surface area contributed by atoms with Gasteiger partial charge in [-0.15, -0.1) is 0 Å². The Labute approximate surface area is 160 Å². The molecule has 1 amide bonds. The van der Waals surface area contributed by atoms with Gasteiger partial charge in [0.2, 0.25) is 0 Å². The quantitative estimate of drug-likeness (QED) is 0.524. The zero-order valence-electron chi connectivity index (χ0n) is 16.8. The summed E-state index contributed by atoms with van der Waals surface area (Å²) in [4.78, 5) is 17.7. The van der Waals surface area contributed by atoms with Gasteiger partial charge in [0.05, 0.1) is 12.6 Å². The lowest BCUT2D eigenvalue weighted by atomic mass is 10.0. The van der Waals surface area contributed by atoms with Crippen molar-refractivity contribution in [3.8, 4) is 0 Å². The van der Waals surface area contributed by atoms with Gasteiger partial charge in [0, 0.05) is 34.9 Å². The first-order valence-corrected chi connectivity index (χ1v) is 9.27. The SMILES string of the molecule is [2H]c1c(C(=O)Nc2ccccc2)nc(C(C)CC)c2c1c1ccccc1n2C. The molecule has 4 nitrogen and oxygen atoms in total. The van der Waals surface area contributed by atoms with E-state index in [-0.39, 0.29) is 23.6 Å². The van der Waals surface area contributed by atoms with Crippen molar-refractivity contribution in [1.29, 1.82) is 0 Å². The molecule has 0 saturated heterocycles. The molecule has 4 aromatic rings. The molecule has 2 aromatic carbocycles. The van der Waals surface area contributed by atoms with E-state index in [0.717, 1.165) is 33.9 Å². The molecule has 4 rings (SSSR count). The summed E-state index contributed by atoms with van der Waals surface area (Å²) in [7, 11) is 2.00. The van der Waals surface area contributed by atoms with E-state index in [9.17, 15) is 4.79 Å². The zero-order chi connectivity index (χ0) is 19.8. The molecule has 0 aliphatic rings. The van der Waals surface area contributed by atoms with Crippen LogP contribution in [0.5, 0.6) is 0 Å². The minimum absolute atomic E-state index is 0.169. The number of fused-ring (bicyclic) bond motifs is 3. The van der Waals surface area contributed by atoms with E-state index in [1.165, 1.54) is 0 Å². The van der Waals surface area contributed by atoms with Crippen molar-refractivity contribution in [3.63, 3.8) is 0 Å². The van der Waals surface area contributed by atoms with Gasteiger partial charge < -0.3 is 9.88 Å². The fourth-order valence-corrected chi connectivity index (χ4v) is 3.50. The molecule has 2 heterocycles. The molecular formula is C23H23N3O. The van der Waals surface area contributed by atoms with Crippen LogP contribution in [0.2, 0.25) is 0 Å². The summed E-state index contributed by atoms with van der Waals surface area (Å²) < 4.78 is 10.9. The first-order chi connectivity index (χ1) is 13.5. The fourth-order valence-electron chi connectivity index (χ4n) is 3.50. The maximum Gasteiger partial charge on any atom is 0.274 e. The Morgan fingerprint density at radius 2 is 1.85 bits per heavy atom. The Hall–Kier alpha value is -3.14. The lowest BCUT2D eigenvalue weighted by Gasteiger charge is -2.14. The van der Waals surface area contributed by atoms with Crippen LogP contribution >= 0.6 is 0 Å². The van der Waals surface area contributed by atoms with Crippen molar-refractivity contribution in [2.75, 3.05) is 5.32 Å². The van der Waals surface area contributed by atoms with E-state index in [1.54, 1.807) is 0 Å². The lowest BCUT2D eigenvalue weighted by molar-refractivity contribution is 0.102. The predicted molar refractivity (Wildman–Crippen MR) is 111 cm³/mol. The number of anilines is 1. The highest BCUT2D eigenvalue weighted by Crippen LogP contribution is 2.34. The average Bonchev–Trinajstić information content (AvgIpc) is 3.02. The van der Waals surface area contributed by atoms with E-state index < -0.39 is 0 Å². The second kappa shape index (κ2) is 6.88. The van der Waals surface area contributed by atoms with Gasteiger partial charge in [-0.2, -0.15) is 0 Å². The molecule has 0 aliphatic carbocycles.